The van der Waals surface area contributed by atoms with Crippen molar-refractivity contribution in [2.75, 3.05) is 46.0 Å². The molecule has 2 unspecified atom stereocenters. The molecule has 5 rings (SSSR count). The van der Waals surface area contributed by atoms with Crippen LogP contribution in [0.3, 0.4) is 0 Å². The number of H-pyrrole nitrogens is 1. The van der Waals surface area contributed by atoms with Gasteiger partial charge in [-0.2, -0.15) is 0 Å². The number of benzene rings is 1. The van der Waals surface area contributed by atoms with Gasteiger partial charge in [0.05, 0.1) is 37.4 Å². The van der Waals surface area contributed by atoms with Crippen LogP contribution in [0.15, 0.2) is 23.0 Å². The van der Waals surface area contributed by atoms with Crippen molar-refractivity contribution in [2.24, 2.45) is 0 Å². The molecule has 39 heavy (non-hydrogen) atoms. The Kier molecular flexibility index (Phi) is 9.39. The molecule has 212 valence electrons. The van der Waals surface area contributed by atoms with Gasteiger partial charge in [-0.3, -0.25) is 14.6 Å². The van der Waals surface area contributed by atoms with Crippen molar-refractivity contribution in [1.82, 2.24) is 35.0 Å². The predicted molar refractivity (Wildman–Crippen MR) is 151 cm³/mol. The lowest BCUT2D eigenvalue weighted by molar-refractivity contribution is 0.0347. The summed E-state index contributed by atoms with van der Waals surface area (Å²) in [5.74, 6) is 0.864. The monoisotopic (exact) mass is 537 g/mol. The molecule has 1 N–H and O–H groups in total. The van der Waals surface area contributed by atoms with E-state index in [4.69, 9.17) is 9.47 Å². The Bertz CT molecular complexity index is 1280. The number of aromatic amines is 1. The minimum Gasteiger partial charge on any atom is -0.379 e. The summed E-state index contributed by atoms with van der Waals surface area (Å²) in [6, 6.07) is 6.34. The van der Waals surface area contributed by atoms with Crippen molar-refractivity contribution in [3.05, 3.63) is 51.1 Å². The van der Waals surface area contributed by atoms with Gasteiger partial charge in [0.25, 0.3) is 5.56 Å². The van der Waals surface area contributed by atoms with Crippen LogP contribution >= 0.6 is 0 Å². The second kappa shape index (κ2) is 13.1. The molecule has 2 aliphatic heterocycles. The van der Waals surface area contributed by atoms with Crippen molar-refractivity contribution < 1.29 is 9.47 Å². The van der Waals surface area contributed by atoms with E-state index in [1.54, 1.807) is 0 Å². The van der Waals surface area contributed by atoms with Gasteiger partial charge in [0.15, 0.2) is 5.82 Å². The summed E-state index contributed by atoms with van der Waals surface area (Å²) in [6.45, 7) is 13.7. The van der Waals surface area contributed by atoms with Crippen molar-refractivity contribution >= 4 is 10.9 Å². The Labute approximate surface area is 230 Å². The van der Waals surface area contributed by atoms with Crippen LogP contribution in [0.1, 0.15) is 67.6 Å². The fourth-order valence-electron chi connectivity index (χ4n) is 6.05. The third kappa shape index (κ3) is 6.92. The molecule has 1 aromatic carbocycles. The number of hydrogen-bond donors (Lipinski definition) is 1. The summed E-state index contributed by atoms with van der Waals surface area (Å²) in [7, 11) is 0. The highest BCUT2D eigenvalue weighted by Gasteiger charge is 2.28. The smallest absolute Gasteiger partial charge is 0.252 e. The van der Waals surface area contributed by atoms with Gasteiger partial charge in [0.2, 0.25) is 0 Å². The van der Waals surface area contributed by atoms with Gasteiger partial charge >= 0.3 is 0 Å². The van der Waals surface area contributed by atoms with Crippen molar-refractivity contribution in [3.63, 3.8) is 0 Å². The highest BCUT2D eigenvalue weighted by Crippen LogP contribution is 2.28. The van der Waals surface area contributed by atoms with Crippen molar-refractivity contribution in [3.8, 4) is 0 Å². The fraction of sp³-hybridized carbons (Fsp3) is 0.655. The van der Waals surface area contributed by atoms with Crippen LogP contribution in [0.25, 0.3) is 10.9 Å². The van der Waals surface area contributed by atoms with Crippen molar-refractivity contribution in [2.45, 2.75) is 78.1 Å². The standard InChI is InChI=1S/C29H43N7O3/c1-4-7-26(28-31-32-33-36(28)20-25-8-5-13-39-25)35(10-6-9-34-11-14-38-15-12-34)19-24-18-23-17-21(2)16-22(3)27(23)30-29(24)37/h16-18,25-26H,4-15,19-20H2,1-3H3,(H,30,37). The Morgan fingerprint density at radius 2 is 2.03 bits per heavy atom. The Hall–Kier alpha value is -2.66. The molecular formula is C29H43N7O3. The zero-order valence-corrected chi connectivity index (χ0v) is 23.7. The maximum Gasteiger partial charge on any atom is 0.252 e. The molecule has 2 aromatic heterocycles. The maximum atomic E-state index is 13.3. The van der Waals surface area contributed by atoms with Crippen LogP contribution < -0.4 is 5.56 Å². The zero-order valence-electron chi connectivity index (χ0n) is 23.7. The first-order chi connectivity index (χ1) is 19.0. The highest BCUT2D eigenvalue weighted by molar-refractivity contribution is 5.82. The molecule has 0 spiro atoms. The summed E-state index contributed by atoms with van der Waals surface area (Å²) in [4.78, 5) is 21.4. The summed E-state index contributed by atoms with van der Waals surface area (Å²) in [6.07, 6.45) is 5.16. The third-order valence-electron chi connectivity index (χ3n) is 8.03. The first-order valence-corrected chi connectivity index (χ1v) is 14.6. The molecule has 0 aliphatic carbocycles. The second-order valence-electron chi connectivity index (χ2n) is 11.1. The number of fused-ring (bicyclic) bond motifs is 1. The molecule has 3 aromatic rings. The largest absolute Gasteiger partial charge is 0.379 e. The molecular weight excluding hydrogens is 494 g/mol. The third-order valence-corrected chi connectivity index (χ3v) is 8.03. The Balaban J connectivity index is 1.43. The summed E-state index contributed by atoms with van der Waals surface area (Å²) in [5, 5.41) is 14.0. The minimum absolute atomic E-state index is 0.00503. The van der Waals surface area contributed by atoms with E-state index < -0.39 is 0 Å². The number of morpholine rings is 1. The van der Waals surface area contributed by atoms with E-state index >= 15 is 0 Å². The average Bonchev–Trinajstić information content (AvgIpc) is 3.61. The molecule has 0 bridgehead atoms. The number of tetrazole rings is 1. The topological polar surface area (TPSA) is 101 Å². The predicted octanol–water partition coefficient (Wildman–Crippen LogP) is 3.38. The summed E-state index contributed by atoms with van der Waals surface area (Å²) in [5.41, 5.74) is 3.95. The summed E-state index contributed by atoms with van der Waals surface area (Å²) >= 11 is 0. The van der Waals surface area contributed by atoms with Crippen LogP contribution in [0, 0.1) is 13.8 Å². The number of aryl methyl sites for hydroxylation is 2. The molecule has 2 fully saturated rings. The Morgan fingerprint density at radius 3 is 2.79 bits per heavy atom. The van der Waals surface area contributed by atoms with Crippen LogP contribution in [-0.4, -0.2) is 87.1 Å². The van der Waals surface area contributed by atoms with Crippen LogP contribution in [0.5, 0.6) is 0 Å². The lowest BCUT2D eigenvalue weighted by Gasteiger charge is -2.32. The average molecular weight is 538 g/mol. The minimum atomic E-state index is -0.0261. The molecule has 10 heteroatoms. The molecule has 2 saturated heterocycles. The summed E-state index contributed by atoms with van der Waals surface area (Å²) < 4.78 is 13.4. The van der Waals surface area contributed by atoms with Gasteiger partial charge in [-0.25, -0.2) is 4.68 Å². The SMILES string of the molecule is CCCC(c1nnnn1CC1CCCO1)N(CCCN1CCOCC1)Cc1cc2cc(C)cc(C)c2[nH]c1=O. The quantitative estimate of drug-likeness (QED) is 0.375. The molecule has 0 amide bonds. The fourth-order valence-corrected chi connectivity index (χ4v) is 6.05. The van der Waals surface area contributed by atoms with Gasteiger partial charge in [0, 0.05) is 38.3 Å². The van der Waals surface area contributed by atoms with Gasteiger partial charge in [-0.05, 0) is 79.6 Å². The number of nitrogens with zero attached hydrogens (tertiary/aromatic N) is 6. The van der Waals surface area contributed by atoms with Gasteiger partial charge in [-0.1, -0.05) is 25.0 Å². The number of nitrogens with one attached hydrogen (secondary N) is 1. The highest BCUT2D eigenvalue weighted by atomic mass is 16.5. The molecule has 4 heterocycles. The molecule has 2 atom stereocenters. The zero-order chi connectivity index (χ0) is 27.2. The number of rotatable bonds is 12. The lowest BCUT2D eigenvalue weighted by atomic mass is 10.0. The molecule has 0 saturated carbocycles. The number of pyridine rings is 1. The van der Waals surface area contributed by atoms with Crippen molar-refractivity contribution in [1.29, 1.82) is 0 Å². The normalized spacial score (nSPS) is 19.3. The van der Waals surface area contributed by atoms with Gasteiger partial charge in [0.1, 0.15) is 0 Å². The number of ether oxygens (including phenoxy) is 2. The molecule has 0 radical (unpaired) electrons. The lowest BCUT2D eigenvalue weighted by Crippen LogP contribution is -2.39. The van der Waals surface area contributed by atoms with Crippen LogP contribution in [-0.2, 0) is 22.6 Å². The number of hydrogen-bond acceptors (Lipinski definition) is 8. The second-order valence-corrected chi connectivity index (χ2v) is 11.1. The van der Waals surface area contributed by atoms with Crippen LogP contribution in [0.2, 0.25) is 0 Å². The van der Waals surface area contributed by atoms with E-state index in [2.05, 4.69) is 62.4 Å². The number of aromatic nitrogens is 5. The van der Waals surface area contributed by atoms with E-state index in [1.165, 1.54) is 5.56 Å². The van der Waals surface area contributed by atoms with Gasteiger partial charge in [-0.15, -0.1) is 5.10 Å². The van der Waals surface area contributed by atoms with Crippen LogP contribution in [0.4, 0.5) is 0 Å². The van der Waals surface area contributed by atoms with E-state index in [1.807, 2.05) is 11.6 Å². The molecule has 10 nitrogen and oxygen atoms in total. The first kappa shape index (κ1) is 27.9. The maximum absolute atomic E-state index is 13.3. The Morgan fingerprint density at radius 1 is 1.18 bits per heavy atom. The first-order valence-electron chi connectivity index (χ1n) is 14.6. The van der Waals surface area contributed by atoms with E-state index in [9.17, 15) is 4.79 Å². The van der Waals surface area contributed by atoms with E-state index in [-0.39, 0.29) is 17.7 Å². The van der Waals surface area contributed by atoms with E-state index in [0.717, 1.165) is 106 Å². The molecule has 2 aliphatic rings. The van der Waals surface area contributed by atoms with E-state index in [0.29, 0.717) is 13.1 Å². The van der Waals surface area contributed by atoms with Gasteiger partial charge < -0.3 is 14.5 Å².